The van der Waals surface area contributed by atoms with Crippen LogP contribution in [0.15, 0.2) is 52.1 Å². The molecule has 31 heavy (non-hydrogen) atoms. The zero-order chi connectivity index (χ0) is 22.4. The first-order valence-corrected chi connectivity index (χ1v) is 11.1. The Morgan fingerprint density at radius 1 is 1.23 bits per heavy atom. The molecule has 0 aliphatic rings. The van der Waals surface area contributed by atoms with Gasteiger partial charge in [-0.25, -0.2) is 4.39 Å². The Morgan fingerprint density at radius 3 is 2.68 bits per heavy atom. The molecule has 162 valence electrons. The normalized spacial score (nSPS) is 10.7. The Labute approximate surface area is 191 Å². The second-order valence-corrected chi connectivity index (χ2v) is 8.28. The van der Waals surface area contributed by atoms with E-state index in [1.54, 1.807) is 48.1 Å². The smallest absolute Gasteiger partial charge is 0.216 e. The maximum Gasteiger partial charge on any atom is 0.216 e. The van der Waals surface area contributed by atoms with Crippen LogP contribution in [-0.2, 0) is 11.2 Å². The van der Waals surface area contributed by atoms with Crippen LogP contribution in [0.4, 0.5) is 4.39 Å². The number of carbonyl (C=O) groups excluding carboxylic acids is 2. The van der Waals surface area contributed by atoms with Gasteiger partial charge in [-0.2, -0.15) is 0 Å². The highest BCUT2D eigenvalue weighted by Crippen LogP contribution is 2.28. The lowest BCUT2D eigenvalue weighted by Crippen LogP contribution is -2.23. The summed E-state index contributed by atoms with van der Waals surface area (Å²) in [7, 11) is 1.55. The van der Waals surface area contributed by atoms with Crippen molar-refractivity contribution < 1.29 is 18.7 Å². The van der Waals surface area contributed by atoms with Crippen LogP contribution < -0.4 is 10.1 Å². The topological polar surface area (TPSA) is 86.1 Å². The quantitative estimate of drug-likeness (QED) is 0.350. The summed E-state index contributed by atoms with van der Waals surface area (Å²) < 4.78 is 22.0. The third-order valence-corrected chi connectivity index (χ3v) is 5.87. The highest BCUT2D eigenvalue weighted by Gasteiger charge is 2.19. The molecule has 1 heterocycles. The summed E-state index contributed by atoms with van der Waals surface area (Å²) in [6.45, 7) is 1.76. The summed E-state index contributed by atoms with van der Waals surface area (Å²) in [6, 6.07) is 11.4. The minimum Gasteiger partial charge on any atom is -0.496 e. The van der Waals surface area contributed by atoms with Crippen molar-refractivity contribution in [3.8, 4) is 11.4 Å². The van der Waals surface area contributed by atoms with Gasteiger partial charge in [-0.15, -0.1) is 10.2 Å². The van der Waals surface area contributed by atoms with Crippen LogP contribution in [0, 0.1) is 5.82 Å². The fourth-order valence-corrected chi connectivity index (χ4v) is 4.23. The van der Waals surface area contributed by atoms with Gasteiger partial charge in [-0.05, 0) is 46.3 Å². The number of hydrogen-bond donors (Lipinski definition) is 1. The molecule has 0 fully saturated rings. The van der Waals surface area contributed by atoms with E-state index in [1.165, 1.54) is 24.8 Å². The second-order valence-electron chi connectivity index (χ2n) is 6.48. The van der Waals surface area contributed by atoms with Crippen LogP contribution >= 0.6 is 27.7 Å². The fraction of sp³-hybridized carbons (Fsp3) is 0.238. The van der Waals surface area contributed by atoms with E-state index in [2.05, 4.69) is 31.4 Å². The molecule has 0 aliphatic carbocycles. The zero-order valence-electron chi connectivity index (χ0n) is 16.9. The van der Waals surface area contributed by atoms with Gasteiger partial charge < -0.3 is 10.1 Å². The third-order valence-electron chi connectivity index (χ3n) is 4.32. The highest BCUT2D eigenvalue weighted by molar-refractivity contribution is 9.10. The number of para-hydroxylation sites is 1. The summed E-state index contributed by atoms with van der Waals surface area (Å²) in [5.41, 5.74) is 0.801. The molecule has 3 rings (SSSR count). The molecule has 2 aromatic carbocycles. The number of carbonyl (C=O) groups is 2. The minimum atomic E-state index is -0.435. The van der Waals surface area contributed by atoms with E-state index in [0.29, 0.717) is 39.7 Å². The maximum atomic E-state index is 14.5. The molecule has 1 amide bonds. The lowest BCUT2D eigenvalue weighted by atomic mass is 10.1. The molecule has 0 spiro atoms. The number of ether oxygens (including phenoxy) is 1. The maximum absolute atomic E-state index is 14.5. The van der Waals surface area contributed by atoms with Gasteiger partial charge in [-0.1, -0.05) is 23.9 Å². The van der Waals surface area contributed by atoms with Crippen molar-refractivity contribution in [2.24, 2.45) is 0 Å². The summed E-state index contributed by atoms with van der Waals surface area (Å²) >= 11 is 4.55. The van der Waals surface area contributed by atoms with E-state index < -0.39 is 5.82 Å². The van der Waals surface area contributed by atoms with Crippen LogP contribution in [0.25, 0.3) is 5.69 Å². The van der Waals surface area contributed by atoms with Crippen LogP contribution in [0.3, 0.4) is 0 Å². The van der Waals surface area contributed by atoms with Gasteiger partial charge in [0.1, 0.15) is 17.4 Å². The minimum absolute atomic E-state index is 0.0943. The molecule has 0 radical (unpaired) electrons. The predicted octanol–water partition coefficient (Wildman–Crippen LogP) is 3.83. The Bertz CT molecular complexity index is 1110. The Hall–Kier alpha value is -2.72. The first kappa shape index (κ1) is 23.0. The van der Waals surface area contributed by atoms with Crippen LogP contribution in [0.1, 0.15) is 23.1 Å². The SMILES string of the molecule is COc1ccc(C(=O)CSc2nnc(CCNC(C)=O)n2-c2ccccc2F)cc1Br. The molecule has 0 bridgehead atoms. The summed E-state index contributed by atoms with van der Waals surface area (Å²) in [4.78, 5) is 23.8. The average molecular weight is 507 g/mol. The van der Waals surface area contributed by atoms with Crippen LogP contribution in [-0.4, -0.2) is 45.9 Å². The standard InChI is InChI=1S/C21H20BrFN4O3S/c1-13(28)24-10-9-20-25-26-21(27(20)17-6-4-3-5-16(17)23)31-12-18(29)14-7-8-19(30-2)15(22)11-14/h3-8,11H,9-10,12H2,1-2H3,(H,24,28). The number of benzene rings is 2. The van der Waals surface area contributed by atoms with E-state index in [4.69, 9.17) is 4.74 Å². The van der Waals surface area contributed by atoms with Gasteiger partial charge in [0.05, 0.1) is 23.0 Å². The first-order chi connectivity index (χ1) is 14.9. The van der Waals surface area contributed by atoms with E-state index in [0.717, 1.165) is 0 Å². The molecule has 0 saturated heterocycles. The molecule has 1 N–H and O–H groups in total. The lowest BCUT2D eigenvalue weighted by Gasteiger charge is -2.11. The van der Waals surface area contributed by atoms with Crippen LogP contribution in [0.2, 0.25) is 0 Å². The number of nitrogens with one attached hydrogen (secondary N) is 1. The zero-order valence-corrected chi connectivity index (χ0v) is 19.3. The van der Waals surface area contributed by atoms with Gasteiger partial charge in [0.25, 0.3) is 0 Å². The number of ketones is 1. The fourth-order valence-electron chi connectivity index (χ4n) is 2.83. The second kappa shape index (κ2) is 10.5. The molecule has 0 aliphatic heterocycles. The Balaban J connectivity index is 1.82. The Morgan fingerprint density at radius 2 is 2.00 bits per heavy atom. The van der Waals surface area contributed by atoms with E-state index in [1.807, 2.05) is 0 Å². The largest absolute Gasteiger partial charge is 0.496 e. The first-order valence-electron chi connectivity index (χ1n) is 9.34. The molecule has 0 atom stereocenters. The van der Waals surface area contributed by atoms with E-state index >= 15 is 0 Å². The van der Waals surface area contributed by atoms with Crippen molar-refractivity contribution in [2.45, 2.75) is 18.5 Å². The predicted molar refractivity (Wildman–Crippen MR) is 119 cm³/mol. The summed E-state index contributed by atoms with van der Waals surface area (Å²) in [5, 5.41) is 11.4. The molecule has 0 unspecified atom stereocenters. The van der Waals surface area contributed by atoms with E-state index in [9.17, 15) is 14.0 Å². The van der Waals surface area contributed by atoms with Crippen molar-refractivity contribution >= 4 is 39.4 Å². The Kier molecular flexibility index (Phi) is 7.80. The highest BCUT2D eigenvalue weighted by atomic mass is 79.9. The lowest BCUT2D eigenvalue weighted by molar-refractivity contribution is -0.118. The number of aromatic nitrogens is 3. The molecule has 10 heteroatoms. The van der Waals surface area contributed by atoms with Crippen molar-refractivity contribution in [3.63, 3.8) is 0 Å². The van der Waals surface area contributed by atoms with E-state index in [-0.39, 0.29) is 23.1 Å². The molecule has 3 aromatic rings. The monoisotopic (exact) mass is 506 g/mol. The number of amides is 1. The number of nitrogens with zero attached hydrogens (tertiary/aromatic N) is 3. The van der Waals surface area contributed by atoms with Crippen LogP contribution in [0.5, 0.6) is 5.75 Å². The molecular formula is C21H20BrFN4O3S. The molecule has 1 aromatic heterocycles. The number of rotatable bonds is 9. The number of methoxy groups -OCH3 is 1. The van der Waals surface area contributed by atoms with Gasteiger partial charge in [0, 0.05) is 25.5 Å². The summed E-state index contributed by atoms with van der Waals surface area (Å²) in [5.74, 6) is 0.500. The van der Waals surface area contributed by atoms with Gasteiger partial charge in [-0.3, -0.25) is 14.2 Å². The number of thioether (sulfide) groups is 1. The third kappa shape index (κ3) is 5.71. The molecular weight excluding hydrogens is 487 g/mol. The van der Waals surface area contributed by atoms with Crippen molar-refractivity contribution in [1.29, 1.82) is 0 Å². The van der Waals surface area contributed by atoms with Crippen molar-refractivity contribution in [3.05, 3.63) is 64.1 Å². The number of halogens is 2. The van der Waals surface area contributed by atoms with Gasteiger partial charge in [0.2, 0.25) is 5.91 Å². The molecule has 0 saturated carbocycles. The van der Waals surface area contributed by atoms with Crippen molar-refractivity contribution in [2.75, 3.05) is 19.4 Å². The number of Topliss-reactive ketones (excluding diaryl/α,β-unsaturated/α-hetero) is 1. The average Bonchev–Trinajstić information content (AvgIpc) is 3.14. The van der Waals surface area contributed by atoms with Gasteiger partial charge in [0.15, 0.2) is 10.9 Å². The van der Waals surface area contributed by atoms with Crippen molar-refractivity contribution in [1.82, 2.24) is 20.1 Å². The van der Waals surface area contributed by atoms with Gasteiger partial charge >= 0.3 is 0 Å². The number of hydrogen-bond acceptors (Lipinski definition) is 6. The summed E-state index contributed by atoms with van der Waals surface area (Å²) in [6.07, 6.45) is 0.362. The molecule has 7 nitrogen and oxygen atoms in total.